The van der Waals surface area contributed by atoms with Crippen molar-refractivity contribution in [3.63, 3.8) is 0 Å². The first-order chi connectivity index (χ1) is 8.06. The van der Waals surface area contributed by atoms with E-state index in [0.29, 0.717) is 22.1 Å². The van der Waals surface area contributed by atoms with Crippen molar-refractivity contribution < 1.29 is 0 Å². The Morgan fingerprint density at radius 3 is 2.71 bits per heavy atom. The number of nitrogens with zero attached hydrogens (tertiary/aromatic N) is 1. The second-order valence-electron chi connectivity index (χ2n) is 4.85. The van der Waals surface area contributed by atoms with E-state index in [-0.39, 0.29) is 0 Å². The van der Waals surface area contributed by atoms with Gasteiger partial charge in [-0.2, -0.15) is 0 Å². The molecule has 0 aliphatic carbocycles. The fraction of sp³-hybridized carbons (Fsp3) is 0.538. The van der Waals surface area contributed by atoms with E-state index in [1.165, 1.54) is 6.42 Å². The molecule has 1 aromatic rings. The Morgan fingerprint density at radius 2 is 2.06 bits per heavy atom. The molecule has 2 nitrogen and oxygen atoms in total. The summed E-state index contributed by atoms with van der Waals surface area (Å²) in [5.74, 6) is 0. The SMILES string of the molecule is CC(C)NC1CCN(c2ccc(Cl)c(Cl)c2)C1. The lowest BCUT2D eigenvalue weighted by atomic mass is 10.2. The quantitative estimate of drug-likeness (QED) is 0.905. The van der Waals surface area contributed by atoms with Gasteiger partial charge in [0.15, 0.2) is 0 Å². The summed E-state index contributed by atoms with van der Waals surface area (Å²) in [5.41, 5.74) is 1.16. The monoisotopic (exact) mass is 272 g/mol. The Balaban J connectivity index is 2.02. The molecule has 94 valence electrons. The van der Waals surface area contributed by atoms with Crippen molar-refractivity contribution in [1.29, 1.82) is 0 Å². The van der Waals surface area contributed by atoms with Crippen LogP contribution < -0.4 is 10.2 Å². The van der Waals surface area contributed by atoms with E-state index in [9.17, 15) is 0 Å². The fourth-order valence-corrected chi connectivity index (χ4v) is 2.58. The Kier molecular flexibility index (Phi) is 4.18. The smallest absolute Gasteiger partial charge is 0.0612 e. The zero-order valence-corrected chi connectivity index (χ0v) is 11.7. The van der Waals surface area contributed by atoms with E-state index in [1.807, 2.05) is 18.2 Å². The summed E-state index contributed by atoms with van der Waals surface area (Å²) in [4.78, 5) is 2.35. The highest BCUT2D eigenvalue weighted by Crippen LogP contribution is 2.29. The van der Waals surface area contributed by atoms with Crippen LogP contribution >= 0.6 is 23.2 Å². The average Bonchev–Trinajstić information content (AvgIpc) is 2.69. The molecule has 0 aromatic heterocycles. The molecular weight excluding hydrogens is 255 g/mol. The third kappa shape index (κ3) is 3.27. The van der Waals surface area contributed by atoms with Crippen LogP contribution in [-0.2, 0) is 0 Å². The molecule has 17 heavy (non-hydrogen) atoms. The summed E-state index contributed by atoms with van der Waals surface area (Å²) in [6.07, 6.45) is 1.18. The van der Waals surface area contributed by atoms with E-state index in [0.717, 1.165) is 18.8 Å². The second-order valence-corrected chi connectivity index (χ2v) is 5.67. The molecule has 1 heterocycles. The van der Waals surface area contributed by atoms with Crippen molar-refractivity contribution in [3.05, 3.63) is 28.2 Å². The Bertz CT molecular complexity index is 393. The highest BCUT2D eigenvalue weighted by atomic mass is 35.5. The van der Waals surface area contributed by atoms with Crippen LogP contribution in [0.5, 0.6) is 0 Å². The van der Waals surface area contributed by atoms with Gasteiger partial charge < -0.3 is 10.2 Å². The molecule has 1 aromatic carbocycles. The number of anilines is 1. The highest BCUT2D eigenvalue weighted by Gasteiger charge is 2.23. The lowest BCUT2D eigenvalue weighted by Gasteiger charge is -2.20. The van der Waals surface area contributed by atoms with Gasteiger partial charge in [0.25, 0.3) is 0 Å². The van der Waals surface area contributed by atoms with Crippen LogP contribution in [0.1, 0.15) is 20.3 Å². The van der Waals surface area contributed by atoms with Gasteiger partial charge >= 0.3 is 0 Å². The van der Waals surface area contributed by atoms with Crippen LogP contribution in [0.25, 0.3) is 0 Å². The van der Waals surface area contributed by atoms with Gasteiger partial charge in [-0.1, -0.05) is 37.0 Å². The molecule has 1 aliphatic heterocycles. The summed E-state index contributed by atoms with van der Waals surface area (Å²) >= 11 is 12.0. The first kappa shape index (κ1) is 13.0. The van der Waals surface area contributed by atoms with Crippen molar-refractivity contribution in [2.75, 3.05) is 18.0 Å². The molecule has 0 saturated carbocycles. The van der Waals surface area contributed by atoms with Gasteiger partial charge in [0.05, 0.1) is 10.0 Å². The summed E-state index contributed by atoms with van der Waals surface area (Å²) in [6.45, 7) is 6.47. The predicted molar refractivity (Wildman–Crippen MR) is 75.4 cm³/mol. The zero-order valence-electron chi connectivity index (χ0n) is 10.2. The lowest BCUT2D eigenvalue weighted by molar-refractivity contribution is 0.492. The number of halogens is 2. The van der Waals surface area contributed by atoms with Crippen molar-refractivity contribution in [3.8, 4) is 0 Å². The predicted octanol–water partition coefficient (Wildman–Crippen LogP) is 3.57. The van der Waals surface area contributed by atoms with E-state index >= 15 is 0 Å². The maximum Gasteiger partial charge on any atom is 0.0612 e. The molecule has 2 rings (SSSR count). The first-order valence-electron chi connectivity index (χ1n) is 6.02. The maximum absolute atomic E-state index is 6.04. The molecule has 0 spiro atoms. The third-order valence-corrected chi connectivity index (χ3v) is 3.76. The van der Waals surface area contributed by atoms with Crippen molar-refractivity contribution in [1.82, 2.24) is 5.32 Å². The molecule has 1 atom stereocenters. The van der Waals surface area contributed by atoms with Crippen molar-refractivity contribution >= 4 is 28.9 Å². The fourth-order valence-electron chi connectivity index (χ4n) is 2.28. The summed E-state index contributed by atoms with van der Waals surface area (Å²) in [7, 11) is 0. The van der Waals surface area contributed by atoms with Gasteiger partial charge in [-0.3, -0.25) is 0 Å². The summed E-state index contributed by atoms with van der Waals surface area (Å²) < 4.78 is 0. The number of rotatable bonds is 3. The summed E-state index contributed by atoms with van der Waals surface area (Å²) in [5, 5.41) is 4.81. The Labute approximate surface area is 113 Å². The topological polar surface area (TPSA) is 15.3 Å². The van der Waals surface area contributed by atoms with Crippen LogP contribution in [0.15, 0.2) is 18.2 Å². The van der Waals surface area contributed by atoms with Gasteiger partial charge in [-0.25, -0.2) is 0 Å². The van der Waals surface area contributed by atoms with Gasteiger partial charge in [0.1, 0.15) is 0 Å². The van der Waals surface area contributed by atoms with E-state index in [1.54, 1.807) is 0 Å². The van der Waals surface area contributed by atoms with Crippen LogP contribution in [0.2, 0.25) is 10.0 Å². The molecule has 1 aliphatic rings. The minimum absolute atomic E-state index is 0.536. The molecule has 1 unspecified atom stereocenters. The standard InChI is InChI=1S/C13H18Cl2N2/c1-9(2)16-10-5-6-17(8-10)11-3-4-12(14)13(15)7-11/h3-4,7,9-10,16H,5-6,8H2,1-2H3. The summed E-state index contributed by atoms with van der Waals surface area (Å²) in [6, 6.07) is 6.95. The van der Waals surface area contributed by atoms with Gasteiger partial charge in [-0.15, -0.1) is 0 Å². The number of hydrogen-bond donors (Lipinski definition) is 1. The Morgan fingerprint density at radius 1 is 1.29 bits per heavy atom. The molecule has 0 amide bonds. The van der Waals surface area contributed by atoms with Gasteiger partial charge in [0, 0.05) is 30.9 Å². The molecule has 0 radical (unpaired) electrons. The van der Waals surface area contributed by atoms with Crippen molar-refractivity contribution in [2.24, 2.45) is 0 Å². The van der Waals surface area contributed by atoms with Gasteiger partial charge in [-0.05, 0) is 24.6 Å². The molecule has 1 fully saturated rings. The third-order valence-electron chi connectivity index (χ3n) is 3.03. The minimum atomic E-state index is 0.536. The molecule has 1 saturated heterocycles. The number of hydrogen-bond acceptors (Lipinski definition) is 2. The van der Waals surface area contributed by atoms with Crippen LogP contribution in [0.4, 0.5) is 5.69 Å². The minimum Gasteiger partial charge on any atom is -0.370 e. The first-order valence-corrected chi connectivity index (χ1v) is 6.78. The molecule has 1 N–H and O–H groups in total. The molecule has 4 heteroatoms. The largest absolute Gasteiger partial charge is 0.370 e. The number of benzene rings is 1. The normalized spacial score (nSPS) is 20.3. The van der Waals surface area contributed by atoms with Crippen molar-refractivity contribution in [2.45, 2.75) is 32.4 Å². The average molecular weight is 273 g/mol. The van der Waals surface area contributed by atoms with E-state index in [2.05, 4.69) is 24.1 Å². The lowest BCUT2D eigenvalue weighted by Crippen LogP contribution is -2.37. The molecule has 0 bridgehead atoms. The van der Waals surface area contributed by atoms with E-state index in [4.69, 9.17) is 23.2 Å². The second kappa shape index (κ2) is 5.47. The highest BCUT2D eigenvalue weighted by molar-refractivity contribution is 6.42. The molecular formula is C13H18Cl2N2. The van der Waals surface area contributed by atoms with Crippen LogP contribution in [-0.4, -0.2) is 25.2 Å². The Hall–Kier alpha value is -0.440. The maximum atomic E-state index is 6.04. The van der Waals surface area contributed by atoms with Crippen LogP contribution in [0.3, 0.4) is 0 Å². The zero-order chi connectivity index (χ0) is 12.4. The van der Waals surface area contributed by atoms with Crippen LogP contribution in [0, 0.1) is 0 Å². The van der Waals surface area contributed by atoms with E-state index < -0.39 is 0 Å². The number of nitrogens with one attached hydrogen (secondary N) is 1. The van der Waals surface area contributed by atoms with Gasteiger partial charge in [0.2, 0.25) is 0 Å².